The lowest BCUT2D eigenvalue weighted by atomic mass is 10.3. The predicted octanol–water partition coefficient (Wildman–Crippen LogP) is 2.28. The van der Waals surface area contributed by atoms with Crippen molar-refractivity contribution in [1.82, 2.24) is 4.98 Å². The molecule has 0 spiro atoms. The van der Waals surface area contributed by atoms with Crippen LogP contribution in [0.5, 0.6) is 0 Å². The van der Waals surface area contributed by atoms with E-state index in [1.807, 2.05) is 0 Å². The molecule has 110 valence electrons. The molecule has 0 saturated heterocycles. The SMILES string of the molecule is CS(=O)(=O)c1ccc(Nc2cc([N+](=O)[O-])ccn2)cc1F. The Kier molecular flexibility index (Phi) is 3.85. The van der Waals surface area contributed by atoms with Crippen LogP contribution in [-0.2, 0) is 9.84 Å². The average Bonchev–Trinajstić information content (AvgIpc) is 2.37. The number of sulfone groups is 1. The quantitative estimate of drug-likeness (QED) is 0.686. The van der Waals surface area contributed by atoms with Gasteiger partial charge < -0.3 is 5.32 Å². The summed E-state index contributed by atoms with van der Waals surface area (Å²) in [7, 11) is -3.65. The van der Waals surface area contributed by atoms with Crippen LogP contribution in [0.3, 0.4) is 0 Å². The lowest BCUT2D eigenvalue weighted by molar-refractivity contribution is -0.384. The third kappa shape index (κ3) is 3.51. The Morgan fingerprint density at radius 1 is 1.29 bits per heavy atom. The van der Waals surface area contributed by atoms with E-state index in [1.54, 1.807) is 0 Å². The second kappa shape index (κ2) is 5.44. The molecule has 0 aliphatic carbocycles. The number of pyridine rings is 1. The van der Waals surface area contributed by atoms with Crippen molar-refractivity contribution in [3.63, 3.8) is 0 Å². The molecular formula is C12H10FN3O4S. The van der Waals surface area contributed by atoms with Gasteiger partial charge in [0.2, 0.25) is 0 Å². The summed E-state index contributed by atoms with van der Waals surface area (Å²) in [6, 6.07) is 5.85. The maximum absolute atomic E-state index is 13.7. The monoisotopic (exact) mass is 311 g/mol. The second-order valence-corrected chi connectivity index (χ2v) is 6.18. The molecule has 1 heterocycles. The largest absolute Gasteiger partial charge is 0.340 e. The van der Waals surface area contributed by atoms with E-state index in [0.717, 1.165) is 18.4 Å². The van der Waals surface area contributed by atoms with Crippen LogP contribution in [-0.4, -0.2) is 24.6 Å². The fourth-order valence-corrected chi connectivity index (χ4v) is 2.36. The number of hydrogen-bond acceptors (Lipinski definition) is 6. The summed E-state index contributed by atoms with van der Waals surface area (Å²) in [5.74, 6) is -0.761. The van der Waals surface area contributed by atoms with Gasteiger partial charge in [-0.25, -0.2) is 17.8 Å². The molecule has 0 aliphatic rings. The van der Waals surface area contributed by atoms with E-state index < -0.39 is 25.5 Å². The van der Waals surface area contributed by atoms with Crippen molar-refractivity contribution >= 4 is 27.0 Å². The van der Waals surface area contributed by atoms with E-state index in [-0.39, 0.29) is 17.2 Å². The lowest BCUT2D eigenvalue weighted by Gasteiger charge is -2.07. The molecule has 1 aromatic heterocycles. The van der Waals surface area contributed by atoms with Crippen molar-refractivity contribution < 1.29 is 17.7 Å². The Bertz CT molecular complexity index is 808. The number of halogens is 1. The number of hydrogen-bond donors (Lipinski definition) is 1. The number of nitrogens with zero attached hydrogens (tertiary/aromatic N) is 2. The number of benzene rings is 1. The van der Waals surface area contributed by atoms with E-state index in [2.05, 4.69) is 10.3 Å². The molecule has 9 heteroatoms. The molecule has 0 fully saturated rings. The second-order valence-electron chi connectivity index (χ2n) is 4.20. The van der Waals surface area contributed by atoms with Crippen molar-refractivity contribution in [3.05, 3.63) is 52.5 Å². The molecule has 21 heavy (non-hydrogen) atoms. The Morgan fingerprint density at radius 2 is 2.00 bits per heavy atom. The standard InChI is InChI=1S/C12H10FN3O4S/c1-21(19,20)11-3-2-8(6-10(11)13)15-12-7-9(16(17)18)4-5-14-12/h2-7H,1H3,(H,14,15). The van der Waals surface area contributed by atoms with Crippen LogP contribution in [0, 0.1) is 15.9 Å². The Hall–Kier alpha value is -2.55. The van der Waals surface area contributed by atoms with Gasteiger partial charge in [-0.05, 0) is 18.2 Å². The minimum atomic E-state index is -3.65. The Balaban J connectivity index is 2.31. The molecular weight excluding hydrogens is 301 g/mol. The molecule has 0 unspecified atom stereocenters. The molecule has 2 aromatic rings. The summed E-state index contributed by atoms with van der Waals surface area (Å²) >= 11 is 0. The van der Waals surface area contributed by atoms with Crippen molar-refractivity contribution in [2.45, 2.75) is 4.90 Å². The van der Waals surface area contributed by atoms with Gasteiger partial charge in [0.05, 0.1) is 11.0 Å². The highest BCUT2D eigenvalue weighted by Crippen LogP contribution is 2.22. The van der Waals surface area contributed by atoms with Crippen molar-refractivity contribution in [3.8, 4) is 0 Å². The molecule has 1 N–H and O–H groups in total. The van der Waals surface area contributed by atoms with Gasteiger partial charge in [-0.15, -0.1) is 0 Å². The molecule has 2 rings (SSSR count). The summed E-state index contributed by atoms with van der Waals surface area (Å²) < 4.78 is 36.3. The third-order valence-corrected chi connectivity index (χ3v) is 3.69. The number of nitro groups is 1. The molecule has 0 aliphatic heterocycles. The van der Waals surface area contributed by atoms with E-state index in [4.69, 9.17) is 0 Å². The summed E-state index contributed by atoms with van der Waals surface area (Å²) in [6.07, 6.45) is 2.14. The minimum absolute atomic E-state index is 0.149. The van der Waals surface area contributed by atoms with Crippen LogP contribution < -0.4 is 5.32 Å². The van der Waals surface area contributed by atoms with E-state index >= 15 is 0 Å². The fourth-order valence-electron chi connectivity index (χ4n) is 1.63. The molecule has 1 aromatic carbocycles. The van der Waals surface area contributed by atoms with Crippen LogP contribution in [0.2, 0.25) is 0 Å². The van der Waals surface area contributed by atoms with E-state index in [1.165, 1.54) is 24.4 Å². The van der Waals surface area contributed by atoms with Crippen LogP contribution in [0.15, 0.2) is 41.4 Å². The number of anilines is 2. The van der Waals surface area contributed by atoms with E-state index in [0.29, 0.717) is 0 Å². The Morgan fingerprint density at radius 3 is 2.57 bits per heavy atom. The summed E-state index contributed by atoms with van der Waals surface area (Å²) in [6.45, 7) is 0. The average molecular weight is 311 g/mol. The van der Waals surface area contributed by atoms with Crippen LogP contribution in [0.25, 0.3) is 0 Å². The lowest BCUT2D eigenvalue weighted by Crippen LogP contribution is -2.02. The van der Waals surface area contributed by atoms with Crippen molar-refractivity contribution in [1.29, 1.82) is 0 Å². The zero-order valence-corrected chi connectivity index (χ0v) is 11.6. The zero-order valence-electron chi connectivity index (χ0n) is 10.8. The van der Waals surface area contributed by atoms with Gasteiger partial charge in [0.15, 0.2) is 9.84 Å². The van der Waals surface area contributed by atoms with Gasteiger partial charge in [-0.3, -0.25) is 10.1 Å². The maximum atomic E-state index is 13.7. The first-order valence-electron chi connectivity index (χ1n) is 5.64. The van der Waals surface area contributed by atoms with Gasteiger partial charge >= 0.3 is 0 Å². The molecule has 7 nitrogen and oxygen atoms in total. The van der Waals surface area contributed by atoms with Gasteiger partial charge in [0.25, 0.3) is 5.69 Å². The highest BCUT2D eigenvalue weighted by atomic mass is 32.2. The number of nitrogens with one attached hydrogen (secondary N) is 1. The minimum Gasteiger partial charge on any atom is -0.340 e. The number of rotatable bonds is 4. The third-order valence-electron chi connectivity index (χ3n) is 2.56. The van der Waals surface area contributed by atoms with Crippen molar-refractivity contribution in [2.75, 3.05) is 11.6 Å². The fraction of sp³-hybridized carbons (Fsp3) is 0.0833. The van der Waals surface area contributed by atoms with Gasteiger partial charge in [-0.1, -0.05) is 0 Å². The first-order chi connectivity index (χ1) is 9.77. The van der Waals surface area contributed by atoms with Gasteiger partial charge in [-0.2, -0.15) is 0 Å². The molecule has 0 bridgehead atoms. The summed E-state index contributed by atoms with van der Waals surface area (Å²) in [4.78, 5) is 13.5. The number of aromatic nitrogens is 1. The summed E-state index contributed by atoms with van der Waals surface area (Å²) in [5.41, 5.74) is 0.0635. The highest BCUT2D eigenvalue weighted by molar-refractivity contribution is 7.90. The normalized spacial score (nSPS) is 11.1. The summed E-state index contributed by atoms with van der Waals surface area (Å²) in [5, 5.41) is 13.3. The van der Waals surface area contributed by atoms with Crippen molar-refractivity contribution in [2.24, 2.45) is 0 Å². The zero-order chi connectivity index (χ0) is 15.6. The topological polar surface area (TPSA) is 102 Å². The molecule has 0 radical (unpaired) electrons. The van der Waals surface area contributed by atoms with Crippen LogP contribution >= 0.6 is 0 Å². The predicted molar refractivity (Wildman–Crippen MR) is 73.7 cm³/mol. The smallest absolute Gasteiger partial charge is 0.274 e. The highest BCUT2D eigenvalue weighted by Gasteiger charge is 2.14. The molecule has 0 amide bonds. The van der Waals surface area contributed by atoms with E-state index in [9.17, 15) is 22.9 Å². The Labute approximate surface area is 119 Å². The van der Waals surface area contributed by atoms with Gasteiger partial charge in [0, 0.05) is 24.2 Å². The molecule has 0 saturated carbocycles. The van der Waals surface area contributed by atoms with Crippen LogP contribution in [0.4, 0.5) is 21.6 Å². The first kappa shape index (κ1) is 14.9. The first-order valence-corrected chi connectivity index (χ1v) is 7.53. The van der Waals surface area contributed by atoms with Gasteiger partial charge in [0.1, 0.15) is 16.5 Å². The van der Waals surface area contributed by atoms with Crippen LogP contribution in [0.1, 0.15) is 0 Å². The maximum Gasteiger partial charge on any atom is 0.274 e. The molecule has 0 atom stereocenters.